The standard InChI is InChI=1S/C9H13NO2S.ClH/c1-5-9(12)8(4-11)7(3-10-5)6(2)13;/h3,6,11-13H,4H2,1-2H3;1H. The summed E-state index contributed by atoms with van der Waals surface area (Å²) in [6, 6.07) is 0. The van der Waals surface area contributed by atoms with Crippen molar-refractivity contribution in [2.24, 2.45) is 0 Å². The number of thiol groups is 1. The maximum Gasteiger partial charge on any atom is 0.142 e. The maximum absolute atomic E-state index is 9.57. The molecule has 14 heavy (non-hydrogen) atoms. The minimum atomic E-state index is -0.185. The van der Waals surface area contributed by atoms with Crippen LogP contribution in [0.25, 0.3) is 0 Å². The van der Waals surface area contributed by atoms with Crippen molar-refractivity contribution in [1.82, 2.24) is 4.98 Å². The summed E-state index contributed by atoms with van der Waals surface area (Å²) in [7, 11) is 0. The van der Waals surface area contributed by atoms with Gasteiger partial charge in [-0.05, 0) is 19.4 Å². The van der Waals surface area contributed by atoms with Crippen molar-refractivity contribution < 1.29 is 10.2 Å². The number of nitrogens with zero attached hydrogens (tertiary/aromatic N) is 1. The zero-order valence-corrected chi connectivity index (χ0v) is 9.77. The molecule has 0 bridgehead atoms. The van der Waals surface area contributed by atoms with Gasteiger partial charge in [-0.2, -0.15) is 12.6 Å². The number of hydrogen-bond acceptors (Lipinski definition) is 4. The van der Waals surface area contributed by atoms with Crippen molar-refractivity contribution in [1.29, 1.82) is 0 Å². The van der Waals surface area contributed by atoms with Gasteiger partial charge in [-0.15, -0.1) is 12.4 Å². The van der Waals surface area contributed by atoms with Crippen molar-refractivity contribution in [2.45, 2.75) is 25.7 Å². The fraction of sp³-hybridized carbons (Fsp3) is 0.444. The van der Waals surface area contributed by atoms with Gasteiger partial charge in [0.05, 0.1) is 12.3 Å². The minimum absolute atomic E-state index is 0. The van der Waals surface area contributed by atoms with Gasteiger partial charge in [0.25, 0.3) is 0 Å². The highest BCUT2D eigenvalue weighted by atomic mass is 35.5. The molecule has 0 amide bonds. The van der Waals surface area contributed by atoms with Crippen LogP contribution in [0, 0.1) is 6.92 Å². The number of aromatic hydroxyl groups is 1. The number of aliphatic hydroxyl groups is 1. The van der Waals surface area contributed by atoms with Crippen LogP contribution in [0.4, 0.5) is 0 Å². The van der Waals surface area contributed by atoms with Crippen LogP contribution in [-0.2, 0) is 6.61 Å². The molecule has 0 spiro atoms. The fourth-order valence-corrected chi connectivity index (χ4v) is 1.41. The Morgan fingerprint density at radius 1 is 1.57 bits per heavy atom. The Labute approximate surface area is 95.0 Å². The third-order valence-corrected chi connectivity index (χ3v) is 2.26. The Morgan fingerprint density at radius 3 is 2.57 bits per heavy atom. The molecule has 1 heterocycles. The van der Waals surface area contributed by atoms with E-state index in [-0.39, 0.29) is 30.0 Å². The van der Waals surface area contributed by atoms with Gasteiger partial charge in [-0.25, -0.2) is 0 Å². The number of aliphatic hydroxyl groups excluding tert-OH is 1. The number of rotatable bonds is 2. The van der Waals surface area contributed by atoms with E-state index in [4.69, 9.17) is 5.11 Å². The molecule has 80 valence electrons. The zero-order valence-electron chi connectivity index (χ0n) is 8.06. The van der Waals surface area contributed by atoms with Crippen LogP contribution in [0.15, 0.2) is 6.20 Å². The molecule has 0 aromatic carbocycles. The van der Waals surface area contributed by atoms with Crippen LogP contribution < -0.4 is 0 Å². The highest BCUT2D eigenvalue weighted by Crippen LogP contribution is 2.30. The molecule has 1 unspecified atom stereocenters. The highest BCUT2D eigenvalue weighted by Gasteiger charge is 2.13. The first-order valence-electron chi connectivity index (χ1n) is 4.04. The topological polar surface area (TPSA) is 53.4 Å². The molecule has 5 heteroatoms. The minimum Gasteiger partial charge on any atom is -0.506 e. The van der Waals surface area contributed by atoms with E-state index in [9.17, 15) is 5.11 Å². The molecule has 0 saturated heterocycles. The van der Waals surface area contributed by atoms with Crippen molar-refractivity contribution >= 4 is 25.0 Å². The third kappa shape index (κ3) is 2.53. The molecule has 1 rings (SSSR count). The van der Waals surface area contributed by atoms with E-state index in [1.165, 1.54) is 0 Å². The second-order valence-corrected chi connectivity index (χ2v) is 3.73. The molecule has 0 aliphatic carbocycles. The van der Waals surface area contributed by atoms with Gasteiger partial charge in [-0.3, -0.25) is 4.98 Å². The van der Waals surface area contributed by atoms with Crippen LogP contribution in [0.5, 0.6) is 5.75 Å². The Balaban J connectivity index is 0.00000169. The molecule has 3 nitrogen and oxygen atoms in total. The number of halogens is 1. The summed E-state index contributed by atoms with van der Waals surface area (Å²) in [5.74, 6) is 0.0703. The van der Waals surface area contributed by atoms with E-state index in [1.807, 2.05) is 6.92 Å². The first-order valence-corrected chi connectivity index (χ1v) is 4.55. The van der Waals surface area contributed by atoms with Gasteiger partial charge in [0, 0.05) is 17.0 Å². The Bertz CT molecular complexity index is 318. The molecule has 0 aliphatic heterocycles. The largest absolute Gasteiger partial charge is 0.506 e. The van der Waals surface area contributed by atoms with Gasteiger partial charge >= 0.3 is 0 Å². The third-order valence-electron chi connectivity index (χ3n) is 1.98. The predicted molar refractivity (Wildman–Crippen MR) is 61.2 cm³/mol. The average molecular weight is 236 g/mol. The summed E-state index contributed by atoms with van der Waals surface area (Å²) in [6.45, 7) is 3.38. The van der Waals surface area contributed by atoms with Crippen molar-refractivity contribution in [3.05, 3.63) is 23.0 Å². The van der Waals surface area contributed by atoms with Crippen molar-refractivity contribution in [3.8, 4) is 5.75 Å². The monoisotopic (exact) mass is 235 g/mol. The normalized spacial score (nSPS) is 12.0. The average Bonchev–Trinajstić information content (AvgIpc) is 2.09. The predicted octanol–water partition coefficient (Wildman–Crippen LogP) is 2.00. The molecule has 0 aliphatic rings. The molecule has 0 fully saturated rings. The lowest BCUT2D eigenvalue weighted by Gasteiger charge is -2.12. The Kier molecular flexibility index (Phi) is 5.26. The lowest BCUT2D eigenvalue weighted by Crippen LogP contribution is -1.99. The molecule has 1 aromatic rings. The molecule has 2 N–H and O–H groups in total. The zero-order chi connectivity index (χ0) is 10.0. The van der Waals surface area contributed by atoms with Crippen molar-refractivity contribution in [3.63, 3.8) is 0 Å². The second-order valence-electron chi connectivity index (χ2n) is 2.96. The van der Waals surface area contributed by atoms with Crippen LogP contribution in [-0.4, -0.2) is 15.2 Å². The number of aromatic nitrogens is 1. The summed E-state index contributed by atoms with van der Waals surface area (Å²) >= 11 is 4.23. The molecule has 1 atom stereocenters. The number of aryl methyl sites for hydroxylation is 1. The van der Waals surface area contributed by atoms with Crippen molar-refractivity contribution in [2.75, 3.05) is 0 Å². The summed E-state index contributed by atoms with van der Waals surface area (Å²) < 4.78 is 0. The van der Waals surface area contributed by atoms with Gasteiger partial charge in [0.1, 0.15) is 5.75 Å². The van der Waals surface area contributed by atoms with Gasteiger partial charge in [0.2, 0.25) is 0 Å². The van der Waals surface area contributed by atoms with E-state index >= 15 is 0 Å². The Hall–Kier alpha value is -0.450. The van der Waals surface area contributed by atoms with Gasteiger partial charge in [0.15, 0.2) is 0 Å². The second kappa shape index (κ2) is 5.44. The van der Waals surface area contributed by atoms with E-state index in [1.54, 1.807) is 13.1 Å². The maximum atomic E-state index is 9.57. The number of pyridine rings is 1. The van der Waals surface area contributed by atoms with E-state index in [0.717, 1.165) is 5.56 Å². The first kappa shape index (κ1) is 13.5. The summed E-state index contributed by atoms with van der Waals surface area (Å²) in [5, 5.41) is 18.6. The SMILES string of the molecule is Cc1ncc(C(C)S)c(CO)c1O.Cl. The van der Waals surface area contributed by atoms with Gasteiger partial charge in [-0.1, -0.05) is 0 Å². The Morgan fingerprint density at radius 2 is 2.14 bits per heavy atom. The lowest BCUT2D eigenvalue weighted by molar-refractivity contribution is 0.273. The smallest absolute Gasteiger partial charge is 0.142 e. The van der Waals surface area contributed by atoms with Crippen LogP contribution >= 0.6 is 25.0 Å². The van der Waals surface area contributed by atoms with Crippen LogP contribution in [0.1, 0.15) is 29.0 Å². The molecular weight excluding hydrogens is 222 g/mol. The quantitative estimate of drug-likeness (QED) is 0.688. The van der Waals surface area contributed by atoms with Crippen LogP contribution in [0.2, 0.25) is 0 Å². The van der Waals surface area contributed by atoms with E-state index in [2.05, 4.69) is 17.6 Å². The molecule has 0 saturated carbocycles. The lowest BCUT2D eigenvalue weighted by atomic mass is 10.1. The molecule has 0 radical (unpaired) electrons. The highest BCUT2D eigenvalue weighted by molar-refractivity contribution is 7.80. The molecular formula is C9H14ClNO2S. The number of hydrogen-bond donors (Lipinski definition) is 3. The van der Waals surface area contributed by atoms with Gasteiger partial charge < -0.3 is 10.2 Å². The van der Waals surface area contributed by atoms with E-state index < -0.39 is 0 Å². The van der Waals surface area contributed by atoms with E-state index in [0.29, 0.717) is 11.3 Å². The van der Waals surface area contributed by atoms with Crippen LogP contribution in [0.3, 0.4) is 0 Å². The summed E-state index contributed by atoms with van der Waals surface area (Å²) in [4.78, 5) is 4.00. The fourth-order valence-electron chi connectivity index (χ4n) is 1.19. The molecule has 1 aromatic heterocycles. The summed E-state index contributed by atoms with van der Waals surface area (Å²) in [6.07, 6.45) is 1.64. The summed E-state index contributed by atoms with van der Waals surface area (Å²) in [5.41, 5.74) is 1.82. The first-order chi connectivity index (χ1) is 6.07.